The smallest absolute Gasteiger partial charge is 0.151 e. The van der Waals surface area contributed by atoms with Gasteiger partial charge in [0.1, 0.15) is 24.4 Å². The van der Waals surface area contributed by atoms with Crippen LogP contribution < -0.4 is 10.4 Å². The maximum absolute atomic E-state index is 9.95. The molecule has 0 unspecified atom stereocenters. The van der Waals surface area contributed by atoms with E-state index in [2.05, 4.69) is 35.5 Å². The summed E-state index contributed by atoms with van der Waals surface area (Å²) < 4.78 is 0. The molecule has 142 valence electrons. The minimum atomic E-state index is -2.36. The van der Waals surface area contributed by atoms with Crippen LogP contribution in [0.3, 0.4) is 0 Å². The van der Waals surface area contributed by atoms with Gasteiger partial charge in [0.15, 0.2) is 6.29 Å². The number of benzene rings is 1. The molecule has 1 aromatic carbocycles. The lowest BCUT2D eigenvalue weighted by molar-refractivity contribution is -0.320. The van der Waals surface area contributed by atoms with E-state index < -0.39 is 30.4 Å². The van der Waals surface area contributed by atoms with Crippen molar-refractivity contribution in [2.75, 3.05) is 6.54 Å². The number of nitrogens with one attached hydrogen (secondary N) is 1. The highest BCUT2D eigenvalue weighted by molar-refractivity contribution is 5.70. The summed E-state index contributed by atoms with van der Waals surface area (Å²) in [5.41, 5.74) is 2.90. The van der Waals surface area contributed by atoms with Gasteiger partial charge in [-0.15, -0.1) is 6.42 Å². The summed E-state index contributed by atoms with van der Waals surface area (Å²) in [5.74, 6) is 0.605. The first kappa shape index (κ1) is 21.8. The monoisotopic (exact) mass is 364 g/mol. The highest BCUT2D eigenvalue weighted by Gasteiger charge is 2.30. The number of aryl methyl sites for hydroxylation is 1. The van der Waals surface area contributed by atoms with E-state index in [0.29, 0.717) is 12.6 Å². The Balaban J connectivity index is 0.000000260. The van der Waals surface area contributed by atoms with E-state index in [1.54, 1.807) is 0 Å². The minimum Gasteiger partial charge on any atom is -0.547 e. The van der Waals surface area contributed by atoms with Gasteiger partial charge in [0.2, 0.25) is 0 Å². The lowest BCUT2D eigenvalue weighted by Gasteiger charge is -2.24. The largest absolute Gasteiger partial charge is 0.547 e. The maximum Gasteiger partial charge on any atom is 0.151 e. The molecule has 0 aromatic heterocycles. The number of carbonyl (C=O) groups is 2. The van der Waals surface area contributed by atoms with E-state index >= 15 is 0 Å². The molecule has 0 heterocycles. The van der Waals surface area contributed by atoms with Gasteiger partial charge in [0.05, 0.1) is 12.5 Å². The fourth-order valence-corrected chi connectivity index (χ4v) is 2.56. The fraction of sp³-hybridized carbons (Fsp3) is 0.444. The van der Waals surface area contributed by atoms with Crippen molar-refractivity contribution in [2.24, 2.45) is 0 Å². The molecule has 1 aromatic rings. The number of aliphatic carboxylic acids is 1. The topological polar surface area (TPSA) is 150 Å². The molecule has 26 heavy (non-hydrogen) atoms. The Morgan fingerprint density at radius 1 is 1.31 bits per heavy atom. The average Bonchev–Trinajstić information content (AvgIpc) is 3.07. The fourth-order valence-electron chi connectivity index (χ4n) is 2.56. The Morgan fingerprint density at radius 2 is 1.96 bits per heavy atom. The first-order valence-corrected chi connectivity index (χ1v) is 7.96. The SMILES string of the molecule is C#CCN[C@@H]1CCc2ccccc21.O=C[C@H](O)[C@@H](O)[C@H](O)[C@H](O)C(=O)[O-]. The van der Waals surface area contributed by atoms with Gasteiger partial charge in [0.25, 0.3) is 0 Å². The first-order valence-electron chi connectivity index (χ1n) is 7.96. The van der Waals surface area contributed by atoms with Gasteiger partial charge < -0.3 is 35.1 Å². The van der Waals surface area contributed by atoms with E-state index in [4.69, 9.17) is 26.8 Å². The van der Waals surface area contributed by atoms with Crippen LogP contribution in [0.1, 0.15) is 23.6 Å². The molecule has 0 radical (unpaired) electrons. The molecule has 5 N–H and O–H groups in total. The molecule has 1 aliphatic rings. The van der Waals surface area contributed by atoms with Crippen LogP contribution in [-0.4, -0.2) is 63.6 Å². The molecule has 2 rings (SSSR count). The number of aliphatic hydroxyl groups is 4. The summed E-state index contributed by atoms with van der Waals surface area (Å²) in [4.78, 5) is 19.8. The molecule has 0 saturated carbocycles. The third kappa shape index (κ3) is 5.91. The van der Waals surface area contributed by atoms with E-state index in [1.165, 1.54) is 24.0 Å². The molecule has 0 spiro atoms. The van der Waals surface area contributed by atoms with Gasteiger partial charge in [-0.05, 0) is 24.0 Å². The van der Waals surface area contributed by atoms with Crippen LogP contribution >= 0.6 is 0 Å². The van der Waals surface area contributed by atoms with Crippen LogP contribution in [-0.2, 0) is 16.0 Å². The van der Waals surface area contributed by atoms with Crippen molar-refractivity contribution in [1.82, 2.24) is 5.32 Å². The van der Waals surface area contributed by atoms with Crippen molar-refractivity contribution < 1.29 is 35.1 Å². The quantitative estimate of drug-likeness (QED) is 0.259. The van der Waals surface area contributed by atoms with Crippen molar-refractivity contribution in [1.29, 1.82) is 0 Å². The van der Waals surface area contributed by atoms with Crippen LogP contribution in [0.25, 0.3) is 0 Å². The second-order valence-corrected chi connectivity index (χ2v) is 5.75. The Labute approximate surface area is 151 Å². The molecule has 8 heteroatoms. The molecule has 5 atom stereocenters. The molecular weight excluding hydrogens is 342 g/mol. The molecule has 1 aliphatic carbocycles. The molecule has 0 bridgehead atoms. The second-order valence-electron chi connectivity index (χ2n) is 5.75. The summed E-state index contributed by atoms with van der Waals surface area (Å²) in [6.45, 7) is 0.666. The summed E-state index contributed by atoms with van der Waals surface area (Å²) in [6.07, 6.45) is -1.08. The van der Waals surface area contributed by atoms with Crippen molar-refractivity contribution in [3.05, 3.63) is 35.4 Å². The third-order valence-electron chi connectivity index (χ3n) is 3.99. The number of carbonyl (C=O) groups excluding carboxylic acids is 2. The number of hydrogen-bond acceptors (Lipinski definition) is 8. The summed E-state index contributed by atoms with van der Waals surface area (Å²) in [6, 6.07) is 9.06. The van der Waals surface area contributed by atoms with Gasteiger partial charge in [-0.1, -0.05) is 30.2 Å². The average molecular weight is 364 g/mol. The standard InChI is InChI=1S/C12H13N.C6H10O7/c1-2-9-13-12-8-7-10-5-3-4-6-11(10)12;7-1-2(8)3(9)4(10)5(11)6(12)13/h1,3-6,12-13H,7-9H2;1-5,8-11H,(H,12,13)/p-1/t12-;2-,3+,4-,5-/m10/s1. The second kappa shape index (κ2) is 10.7. The molecule has 0 amide bonds. The number of terminal acetylenes is 1. The van der Waals surface area contributed by atoms with Crippen LogP contribution in [0.15, 0.2) is 24.3 Å². The number of carboxylic acids is 1. The van der Waals surface area contributed by atoms with Crippen LogP contribution in [0, 0.1) is 12.3 Å². The zero-order chi connectivity index (χ0) is 19.7. The molecule has 0 fully saturated rings. The number of hydrogen-bond donors (Lipinski definition) is 5. The van der Waals surface area contributed by atoms with Gasteiger partial charge in [0, 0.05) is 6.04 Å². The lowest BCUT2D eigenvalue weighted by atomic mass is 10.0. The molecule has 8 nitrogen and oxygen atoms in total. The normalized spacial score (nSPS) is 19.7. The minimum absolute atomic E-state index is 0.101. The number of aliphatic hydroxyl groups excluding tert-OH is 4. The Bertz CT molecular complexity index is 643. The maximum atomic E-state index is 9.95. The third-order valence-corrected chi connectivity index (χ3v) is 3.99. The van der Waals surface area contributed by atoms with E-state index in [-0.39, 0.29) is 6.29 Å². The van der Waals surface area contributed by atoms with Gasteiger partial charge in [-0.3, -0.25) is 5.32 Å². The van der Waals surface area contributed by atoms with E-state index in [0.717, 1.165) is 0 Å². The molecule has 0 aliphatic heterocycles. The Kier molecular flexibility index (Phi) is 8.92. The summed E-state index contributed by atoms with van der Waals surface area (Å²) in [7, 11) is 0. The van der Waals surface area contributed by atoms with Gasteiger partial charge in [-0.2, -0.15) is 0 Å². The van der Waals surface area contributed by atoms with Crippen molar-refractivity contribution in [3.8, 4) is 12.3 Å². The Morgan fingerprint density at radius 3 is 2.54 bits per heavy atom. The highest BCUT2D eigenvalue weighted by Crippen LogP contribution is 2.30. The van der Waals surface area contributed by atoms with E-state index in [1.807, 2.05) is 0 Å². The van der Waals surface area contributed by atoms with Crippen LogP contribution in [0.2, 0.25) is 0 Å². The van der Waals surface area contributed by atoms with Crippen molar-refractivity contribution >= 4 is 12.3 Å². The number of aldehydes is 1. The Hall–Kier alpha value is -2.28. The van der Waals surface area contributed by atoms with E-state index in [9.17, 15) is 14.7 Å². The lowest BCUT2D eigenvalue weighted by Crippen LogP contribution is -2.52. The predicted octanol–water partition coefficient (Wildman–Crippen LogP) is -2.72. The number of carboxylic acid groups (broad SMARTS) is 1. The zero-order valence-electron chi connectivity index (χ0n) is 14.0. The first-order chi connectivity index (χ1) is 12.3. The van der Waals surface area contributed by atoms with Gasteiger partial charge in [-0.25, -0.2) is 0 Å². The molecular formula is C18H22NO7-. The van der Waals surface area contributed by atoms with Crippen LogP contribution in [0.5, 0.6) is 0 Å². The highest BCUT2D eigenvalue weighted by atomic mass is 16.4. The number of rotatable bonds is 7. The van der Waals surface area contributed by atoms with Crippen molar-refractivity contribution in [3.63, 3.8) is 0 Å². The van der Waals surface area contributed by atoms with Crippen LogP contribution in [0.4, 0.5) is 0 Å². The summed E-state index contributed by atoms with van der Waals surface area (Å²) >= 11 is 0. The molecule has 0 saturated heterocycles. The zero-order valence-corrected chi connectivity index (χ0v) is 14.0. The predicted molar refractivity (Wildman–Crippen MR) is 89.4 cm³/mol. The van der Waals surface area contributed by atoms with Gasteiger partial charge >= 0.3 is 0 Å². The van der Waals surface area contributed by atoms with Crippen molar-refractivity contribution in [2.45, 2.75) is 43.3 Å². The number of fused-ring (bicyclic) bond motifs is 1. The summed E-state index contributed by atoms with van der Waals surface area (Å²) in [5, 5.41) is 48.2.